The minimum atomic E-state index is -0.352. The number of nitrogens with zero attached hydrogens (tertiary/aromatic N) is 2. The SMILES string of the molecule is O=C(NCc1cc(-c2ccc(F)cc2)ncn1)c1cc(Cl)ccc1Cl. The van der Waals surface area contributed by atoms with E-state index >= 15 is 0 Å². The summed E-state index contributed by atoms with van der Waals surface area (Å²) in [4.78, 5) is 20.5. The second kappa shape index (κ2) is 7.59. The van der Waals surface area contributed by atoms with E-state index in [-0.39, 0.29) is 18.3 Å². The molecule has 7 heteroatoms. The summed E-state index contributed by atoms with van der Waals surface area (Å²) in [6, 6.07) is 12.4. The van der Waals surface area contributed by atoms with E-state index in [0.29, 0.717) is 27.0 Å². The summed E-state index contributed by atoms with van der Waals surface area (Å²) >= 11 is 11.9. The first-order chi connectivity index (χ1) is 12.0. The molecule has 0 unspecified atom stereocenters. The van der Waals surface area contributed by atoms with E-state index in [1.165, 1.54) is 24.5 Å². The van der Waals surface area contributed by atoms with E-state index in [0.717, 1.165) is 5.56 Å². The van der Waals surface area contributed by atoms with Crippen molar-refractivity contribution in [2.45, 2.75) is 6.54 Å². The van der Waals surface area contributed by atoms with Gasteiger partial charge in [0.05, 0.1) is 28.5 Å². The predicted octanol–water partition coefficient (Wildman–Crippen LogP) is 4.52. The van der Waals surface area contributed by atoms with Gasteiger partial charge in [0.25, 0.3) is 5.91 Å². The van der Waals surface area contributed by atoms with Crippen LogP contribution in [0.25, 0.3) is 11.3 Å². The van der Waals surface area contributed by atoms with Gasteiger partial charge >= 0.3 is 0 Å². The van der Waals surface area contributed by atoms with Gasteiger partial charge in [0.15, 0.2) is 0 Å². The molecule has 0 saturated heterocycles. The van der Waals surface area contributed by atoms with Crippen LogP contribution in [0.5, 0.6) is 0 Å². The molecule has 126 valence electrons. The summed E-state index contributed by atoms with van der Waals surface area (Å²) in [6.07, 6.45) is 1.40. The van der Waals surface area contributed by atoms with E-state index in [4.69, 9.17) is 23.2 Å². The highest BCUT2D eigenvalue weighted by Crippen LogP contribution is 2.21. The molecule has 0 spiro atoms. The molecule has 0 atom stereocenters. The third-order valence-corrected chi connectivity index (χ3v) is 4.03. The first-order valence-electron chi connectivity index (χ1n) is 7.33. The molecule has 3 aromatic rings. The monoisotopic (exact) mass is 375 g/mol. The zero-order chi connectivity index (χ0) is 17.8. The van der Waals surface area contributed by atoms with E-state index in [9.17, 15) is 9.18 Å². The molecule has 1 amide bonds. The Labute approximate surface area is 153 Å². The molecule has 25 heavy (non-hydrogen) atoms. The van der Waals surface area contributed by atoms with Crippen LogP contribution in [0.1, 0.15) is 16.1 Å². The fourth-order valence-corrected chi connectivity index (χ4v) is 2.59. The Morgan fingerprint density at radius 2 is 1.80 bits per heavy atom. The molecule has 0 aliphatic carbocycles. The predicted molar refractivity (Wildman–Crippen MR) is 95.1 cm³/mol. The summed E-state index contributed by atoms with van der Waals surface area (Å²) in [7, 11) is 0. The molecule has 0 aliphatic rings. The smallest absolute Gasteiger partial charge is 0.253 e. The van der Waals surface area contributed by atoms with Gasteiger partial charge < -0.3 is 5.32 Å². The Bertz CT molecular complexity index is 916. The minimum Gasteiger partial charge on any atom is -0.346 e. The van der Waals surface area contributed by atoms with Crippen molar-refractivity contribution in [2.75, 3.05) is 0 Å². The molecule has 0 saturated carbocycles. The zero-order valence-corrected chi connectivity index (χ0v) is 14.4. The number of carbonyl (C=O) groups is 1. The van der Waals surface area contributed by atoms with E-state index in [1.807, 2.05) is 0 Å². The van der Waals surface area contributed by atoms with Gasteiger partial charge in [-0.05, 0) is 48.5 Å². The maximum atomic E-state index is 13.0. The van der Waals surface area contributed by atoms with Gasteiger partial charge in [0.1, 0.15) is 12.1 Å². The molecular formula is C18H12Cl2FN3O. The van der Waals surface area contributed by atoms with Gasteiger partial charge in [-0.1, -0.05) is 23.2 Å². The van der Waals surface area contributed by atoms with Crippen LogP contribution in [0.2, 0.25) is 10.0 Å². The number of halogens is 3. The second-order valence-electron chi connectivity index (χ2n) is 5.21. The first kappa shape index (κ1) is 17.3. The molecule has 2 aromatic carbocycles. The van der Waals surface area contributed by atoms with Crippen molar-refractivity contribution in [3.8, 4) is 11.3 Å². The van der Waals surface area contributed by atoms with Crippen LogP contribution in [0, 0.1) is 5.82 Å². The summed E-state index contributed by atoms with van der Waals surface area (Å²) in [5, 5.41) is 3.48. The number of carbonyl (C=O) groups excluding carboxylic acids is 1. The maximum Gasteiger partial charge on any atom is 0.253 e. The second-order valence-corrected chi connectivity index (χ2v) is 6.05. The average molecular weight is 376 g/mol. The van der Waals surface area contributed by atoms with Crippen LogP contribution in [0.4, 0.5) is 4.39 Å². The zero-order valence-electron chi connectivity index (χ0n) is 12.8. The molecule has 0 bridgehead atoms. The molecule has 1 heterocycles. The lowest BCUT2D eigenvalue weighted by Crippen LogP contribution is -2.23. The molecule has 0 fully saturated rings. The third kappa shape index (κ3) is 4.32. The molecule has 1 aromatic heterocycles. The van der Waals surface area contributed by atoms with Crippen molar-refractivity contribution in [1.82, 2.24) is 15.3 Å². The number of rotatable bonds is 4. The Morgan fingerprint density at radius 1 is 1.04 bits per heavy atom. The largest absolute Gasteiger partial charge is 0.346 e. The van der Waals surface area contributed by atoms with Crippen molar-refractivity contribution in [2.24, 2.45) is 0 Å². The lowest BCUT2D eigenvalue weighted by atomic mass is 10.1. The van der Waals surface area contributed by atoms with Crippen LogP contribution in [-0.4, -0.2) is 15.9 Å². The minimum absolute atomic E-state index is 0.193. The maximum absolute atomic E-state index is 13.0. The molecule has 4 nitrogen and oxygen atoms in total. The summed E-state index contributed by atoms with van der Waals surface area (Å²) in [6.45, 7) is 0.193. The third-order valence-electron chi connectivity index (χ3n) is 3.47. The summed E-state index contributed by atoms with van der Waals surface area (Å²) in [5.41, 5.74) is 2.30. The lowest BCUT2D eigenvalue weighted by molar-refractivity contribution is 0.0950. The normalized spacial score (nSPS) is 10.5. The Hall–Kier alpha value is -2.50. The van der Waals surface area contributed by atoms with Crippen molar-refractivity contribution < 1.29 is 9.18 Å². The van der Waals surface area contributed by atoms with Crippen molar-refractivity contribution in [3.63, 3.8) is 0 Å². The summed E-state index contributed by atoms with van der Waals surface area (Å²) in [5.74, 6) is -0.668. The standard InChI is InChI=1S/C18H12Cl2FN3O/c19-12-3-6-16(20)15(7-12)18(25)22-9-14-8-17(24-10-23-14)11-1-4-13(21)5-2-11/h1-8,10H,9H2,(H,22,25). The van der Waals surface area contributed by atoms with Crippen LogP contribution in [0.15, 0.2) is 54.9 Å². The highest BCUT2D eigenvalue weighted by Gasteiger charge is 2.11. The number of hydrogen-bond acceptors (Lipinski definition) is 3. The number of amides is 1. The Kier molecular flexibility index (Phi) is 5.26. The first-order valence-corrected chi connectivity index (χ1v) is 8.08. The summed E-state index contributed by atoms with van der Waals surface area (Å²) < 4.78 is 13.0. The molecule has 0 radical (unpaired) electrons. The highest BCUT2D eigenvalue weighted by molar-refractivity contribution is 6.35. The molecular weight excluding hydrogens is 364 g/mol. The number of aromatic nitrogens is 2. The van der Waals surface area contributed by atoms with Crippen LogP contribution >= 0.6 is 23.2 Å². The van der Waals surface area contributed by atoms with Gasteiger partial charge in [0, 0.05) is 10.6 Å². The van der Waals surface area contributed by atoms with Crippen molar-refractivity contribution >= 4 is 29.1 Å². The van der Waals surface area contributed by atoms with Crippen molar-refractivity contribution in [1.29, 1.82) is 0 Å². The van der Waals surface area contributed by atoms with Gasteiger partial charge in [-0.3, -0.25) is 4.79 Å². The number of hydrogen-bond donors (Lipinski definition) is 1. The molecule has 1 N–H and O–H groups in total. The van der Waals surface area contributed by atoms with Crippen LogP contribution in [-0.2, 0) is 6.54 Å². The molecule has 3 rings (SSSR count). The van der Waals surface area contributed by atoms with Crippen LogP contribution in [0.3, 0.4) is 0 Å². The fraction of sp³-hybridized carbons (Fsp3) is 0.0556. The van der Waals surface area contributed by atoms with Crippen molar-refractivity contribution in [3.05, 3.63) is 82.0 Å². The van der Waals surface area contributed by atoms with Gasteiger partial charge in [-0.25, -0.2) is 14.4 Å². The van der Waals surface area contributed by atoms with E-state index in [2.05, 4.69) is 15.3 Å². The average Bonchev–Trinajstić information content (AvgIpc) is 2.62. The van der Waals surface area contributed by atoms with E-state index in [1.54, 1.807) is 30.3 Å². The number of nitrogens with one attached hydrogen (secondary N) is 1. The highest BCUT2D eigenvalue weighted by atomic mass is 35.5. The van der Waals surface area contributed by atoms with Gasteiger partial charge in [-0.2, -0.15) is 0 Å². The lowest BCUT2D eigenvalue weighted by Gasteiger charge is -2.08. The van der Waals surface area contributed by atoms with Gasteiger partial charge in [0.2, 0.25) is 0 Å². The molecule has 0 aliphatic heterocycles. The van der Waals surface area contributed by atoms with Crippen LogP contribution < -0.4 is 5.32 Å². The fourth-order valence-electron chi connectivity index (χ4n) is 2.21. The number of benzene rings is 2. The topological polar surface area (TPSA) is 54.9 Å². The van der Waals surface area contributed by atoms with E-state index < -0.39 is 0 Å². The quantitative estimate of drug-likeness (QED) is 0.729. The Balaban J connectivity index is 1.73. The Morgan fingerprint density at radius 3 is 2.56 bits per heavy atom. The van der Waals surface area contributed by atoms with Gasteiger partial charge in [-0.15, -0.1) is 0 Å².